The molecule has 1 heterocycles. The average Bonchev–Trinajstić information content (AvgIpc) is 3.05. The van der Waals surface area contributed by atoms with Crippen LogP contribution >= 0.6 is 0 Å². The molecule has 8 heteroatoms. The van der Waals surface area contributed by atoms with Gasteiger partial charge in [-0.2, -0.15) is 0 Å². The lowest BCUT2D eigenvalue weighted by molar-refractivity contribution is -0.117. The minimum Gasteiger partial charge on any atom is -0.384 e. The van der Waals surface area contributed by atoms with Gasteiger partial charge in [-0.25, -0.2) is 4.79 Å². The van der Waals surface area contributed by atoms with Crippen molar-refractivity contribution in [3.63, 3.8) is 0 Å². The number of nitrogens with two attached hydrogens (primary N) is 1. The molecule has 1 aliphatic heterocycles. The molecule has 29 heavy (non-hydrogen) atoms. The molecule has 1 fully saturated rings. The monoisotopic (exact) mass is 387 g/mol. The highest BCUT2D eigenvalue weighted by Crippen LogP contribution is 2.22. The number of imide groups is 1. The van der Waals surface area contributed by atoms with Gasteiger partial charge in [0.05, 0.1) is 0 Å². The number of nitrogen functional groups attached to an aromatic ring is 1. The molecule has 0 atom stereocenters. The number of benzene rings is 3. The zero-order valence-electron chi connectivity index (χ0n) is 15.2. The van der Waals surface area contributed by atoms with Crippen LogP contribution in [0.4, 0.5) is 16.2 Å². The first-order valence-corrected chi connectivity index (χ1v) is 8.82. The van der Waals surface area contributed by atoms with Crippen LogP contribution in [0.2, 0.25) is 0 Å². The Bertz CT molecular complexity index is 1170. The first-order valence-electron chi connectivity index (χ1n) is 8.82. The molecule has 0 saturated carbocycles. The average molecular weight is 387 g/mol. The number of carbonyl (C=O) groups excluding carboxylic acids is 3. The number of urea groups is 1. The number of hydrogen-bond acceptors (Lipinski definition) is 4. The Morgan fingerprint density at radius 2 is 1.62 bits per heavy atom. The lowest BCUT2D eigenvalue weighted by atomic mass is 10.1. The number of rotatable bonds is 4. The van der Waals surface area contributed by atoms with Gasteiger partial charge in [-0.15, -0.1) is 0 Å². The number of nitrogens with one attached hydrogen (secondary N) is 3. The predicted octanol–water partition coefficient (Wildman–Crippen LogP) is 2.43. The minimum atomic E-state index is -0.476. The highest BCUT2D eigenvalue weighted by atomic mass is 16.2. The van der Waals surface area contributed by atoms with E-state index in [4.69, 9.17) is 11.1 Å². The van der Waals surface area contributed by atoms with E-state index < -0.39 is 6.03 Å². The summed E-state index contributed by atoms with van der Waals surface area (Å²) in [5.74, 6) is -0.648. The second kappa shape index (κ2) is 7.08. The Morgan fingerprint density at radius 3 is 2.28 bits per heavy atom. The standard InChI is InChI=1S/C21H17N5O3/c22-19(23)15-2-1-14-10-16(6-3-13(14)9-15)24-20(28)12-4-7-17(8-5-12)26-11-18(27)25-21(26)29/h1-10H,11H2,(H3,22,23)(H,24,28)(H,25,27,29). The zero-order valence-corrected chi connectivity index (χ0v) is 15.2. The van der Waals surface area contributed by atoms with Crippen molar-refractivity contribution in [3.05, 3.63) is 71.8 Å². The van der Waals surface area contributed by atoms with E-state index in [2.05, 4.69) is 10.6 Å². The van der Waals surface area contributed by atoms with E-state index in [1.54, 1.807) is 36.4 Å². The van der Waals surface area contributed by atoms with E-state index in [-0.39, 0.29) is 24.2 Å². The van der Waals surface area contributed by atoms with Gasteiger partial charge in [-0.05, 0) is 53.2 Å². The van der Waals surface area contributed by atoms with Crippen molar-refractivity contribution in [3.8, 4) is 0 Å². The Kier molecular flexibility index (Phi) is 4.44. The molecule has 4 amide bonds. The normalized spacial score (nSPS) is 13.4. The van der Waals surface area contributed by atoms with Crippen LogP contribution < -0.4 is 21.3 Å². The van der Waals surface area contributed by atoms with Gasteiger partial charge in [0.15, 0.2) is 0 Å². The van der Waals surface area contributed by atoms with Crippen molar-refractivity contribution in [2.24, 2.45) is 5.73 Å². The van der Waals surface area contributed by atoms with Gasteiger partial charge in [-0.1, -0.05) is 18.2 Å². The van der Waals surface area contributed by atoms with E-state index in [0.717, 1.165) is 10.8 Å². The summed E-state index contributed by atoms with van der Waals surface area (Å²) in [4.78, 5) is 36.9. The summed E-state index contributed by atoms with van der Waals surface area (Å²) in [6, 6.07) is 16.9. The highest BCUT2D eigenvalue weighted by molar-refractivity contribution is 6.12. The molecule has 0 spiro atoms. The third-order valence-corrected chi connectivity index (χ3v) is 4.64. The second-order valence-corrected chi connectivity index (χ2v) is 6.63. The maximum atomic E-state index is 12.5. The molecule has 4 rings (SSSR count). The summed E-state index contributed by atoms with van der Waals surface area (Å²) in [7, 11) is 0. The molecule has 0 bridgehead atoms. The van der Waals surface area contributed by atoms with Crippen molar-refractivity contribution in [2.75, 3.05) is 16.8 Å². The van der Waals surface area contributed by atoms with Crippen molar-refractivity contribution >= 4 is 45.8 Å². The first-order chi connectivity index (χ1) is 13.9. The molecule has 0 radical (unpaired) electrons. The number of carbonyl (C=O) groups is 3. The van der Waals surface area contributed by atoms with Gasteiger partial charge in [0.2, 0.25) is 5.91 Å². The topological polar surface area (TPSA) is 128 Å². The summed E-state index contributed by atoms with van der Waals surface area (Å²) in [5, 5.41) is 14.4. The van der Waals surface area contributed by atoms with Crippen molar-refractivity contribution in [2.45, 2.75) is 0 Å². The molecule has 1 saturated heterocycles. The van der Waals surface area contributed by atoms with Crippen LogP contribution in [0.3, 0.4) is 0 Å². The van der Waals surface area contributed by atoms with Gasteiger partial charge >= 0.3 is 6.03 Å². The number of amides is 4. The summed E-state index contributed by atoms with van der Waals surface area (Å²) in [6.45, 7) is -0.0349. The van der Waals surface area contributed by atoms with Gasteiger partial charge in [0.25, 0.3) is 5.91 Å². The van der Waals surface area contributed by atoms with Crippen molar-refractivity contribution < 1.29 is 14.4 Å². The molecular formula is C21H17N5O3. The molecule has 144 valence electrons. The molecule has 0 aromatic heterocycles. The molecule has 0 aliphatic carbocycles. The lowest BCUT2D eigenvalue weighted by Crippen LogP contribution is -2.27. The quantitative estimate of drug-likeness (QED) is 0.311. The fourth-order valence-electron chi connectivity index (χ4n) is 3.14. The van der Waals surface area contributed by atoms with E-state index in [0.29, 0.717) is 22.5 Å². The third kappa shape index (κ3) is 3.63. The fraction of sp³-hybridized carbons (Fsp3) is 0.0476. The Morgan fingerprint density at radius 1 is 0.966 bits per heavy atom. The number of nitrogens with zero attached hydrogens (tertiary/aromatic N) is 1. The molecule has 1 aliphatic rings. The molecular weight excluding hydrogens is 370 g/mol. The Balaban J connectivity index is 1.50. The van der Waals surface area contributed by atoms with Gasteiger partial charge in [0, 0.05) is 22.5 Å². The van der Waals surface area contributed by atoms with Crippen LogP contribution in [0, 0.1) is 5.41 Å². The molecule has 0 unspecified atom stereocenters. The smallest absolute Gasteiger partial charge is 0.329 e. The summed E-state index contributed by atoms with van der Waals surface area (Å²) in [5.41, 5.74) is 7.75. The van der Waals surface area contributed by atoms with Crippen LogP contribution in [-0.4, -0.2) is 30.2 Å². The van der Waals surface area contributed by atoms with E-state index in [9.17, 15) is 14.4 Å². The summed E-state index contributed by atoms with van der Waals surface area (Å²) >= 11 is 0. The van der Waals surface area contributed by atoms with Gasteiger partial charge in [0.1, 0.15) is 12.4 Å². The van der Waals surface area contributed by atoms with Crippen molar-refractivity contribution in [1.29, 1.82) is 5.41 Å². The Hall–Kier alpha value is -4.20. The first kappa shape index (κ1) is 18.2. The van der Waals surface area contributed by atoms with Gasteiger partial charge < -0.3 is 11.1 Å². The van der Waals surface area contributed by atoms with E-state index in [1.165, 1.54) is 4.90 Å². The number of amidine groups is 1. The van der Waals surface area contributed by atoms with Crippen LogP contribution in [0.25, 0.3) is 10.8 Å². The predicted molar refractivity (Wildman–Crippen MR) is 110 cm³/mol. The maximum Gasteiger partial charge on any atom is 0.329 e. The van der Waals surface area contributed by atoms with Crippen LogP contribution in [0.1, 0.15) is 15.9 Å². The Labute approximate surface area is 165 Å². The SMILES string of the molecule is N=C(N)c1ccc2cc(NC(=O)c3ccc(N4CC(=O)NC4=O)cc3)ccc2c1. The highest BCUT2D eigenvalue weighted by Gasteiger charge is 2.27. The summed E-state index contributed by atoms with van der Waals surface area (Å²) < 4.78 is 0. The number of hydrogen-bond donors (Lipinski definition) is 4. The van der Waals surface area contributed by atoms with Gasteiger partial charge in [-0.3, -0.25) is 25.2 Å². The number of fused-ring (bicyclic) bond motifs is 1. The molecule has 8 nitrogen and oxygen atoms in total. The zero-order chi connectivity index (χ0) is 20.5. The largest absolute Gasteiger partial charge is 0.384 e. The van der Waals surface area contributed by atoms with Crippen LogP contribution in [0.5, 0.6) is 0 Å². The fourth-order valence-corrected chi connectivity index (χ4v) is 3.14. The molecule has 5 N–H and O–H groups in total. The van der Waals surface area contributed by atoms with Crippen LogP contribution in [0.15, 0.2) is 60.7 Å². The van der Waals surface area contributed by atoms with E-state index in [1.807, 2.05) is 24.3 Å². The lowest BCUT2D eigenvalue weighted by Gasteiger charge is -2.13. The van der Waals surface area contributed by atoms with Crippen LogP contribution in [-0.2, 0) is 4.79 Å². The summed E-state index contributed by atoms with van der Waals surface area (Å²) in [6.07, 6.45) is 0. The van der Waals surface area contributed by atoms with Crippen molar-refractivity contribution in [1.82, 2.24) is 5.32 Å². The number of anilines is 2. The second-order valence-electron chi connectivity index (χ2n) is 6.63. The minimum absolute atomic E-state index is 0.00324. The van der Waals surface area contributed by atoms with E-state index >= 15 is 0 Å². The molecule has 3 aromatic carbocycles. The maximum absolute atomic E-state index is 12.5. The third-order valence-electron chi connectivity index (χ3n) is 4.64. The molecule has 3 aromatic rings.